The average molecular weight is 362 g/mol. The number of nitrogens with one attached hydrogen (secondary N) is 1. The van der Waals surface area contributed by atoms with E-state index in [0.29, 0.717) is 11.3 Å². The fourth-order valence-electron chi connectivity index (χ4n) is 3.25. The Bertz CT molecular complexity index is 781. The van der Waals surface area contributed by atoms with Crippen LogP contribution in [0.4, 0.5) is 24.5 Å². The molecule has 1 N–H and O–H groups in total. The van der Waals surface area contributed by atoms with Gasteiger partial charge in [0.1, 0.15) is 0 Å². The number of piperidine rings is 1. The van der Waals surface area contributed by atoms with E-state index in [4.69, 9.17) is 0 Å². The molecule has 1 aliphatic heterocycles. The Morgan fingerprint density at radius 3 is 2.46 bits per heavy atom. The summed E-state index contributed by atoms with van der Waals surface area (Å²) in [6.45, 7) is 1.76. The Hall–Kier alpha value is -2.34. The lowest BCUT2D eigenvalue weighted by atomic mass is 9.89. The van der Waals surface area contributed by atoms with E-state index in [1.807, 2.05) is 7.05 Å². The van der Waals surface area contributed by atoms with Gasteiger partial charge in [-0.25, -0.2) is 0 Å². The molecule has 0 spiro atoms. The number of hydrogen-bond donors (Lipinski definition) is 1. The Kier molecular flexibility index (Phi) is 5.32. The molecule has 26 heavy (non-hydrogen) atoms. The topological polar surface area (TPSA) is 32.3 Å². The molecule has 1 fully saturated rings. The van der Waals surface area contributed by atoms with Crippen molar-refractivity contribution in [2.45, 2.75) is 19.0 Å². The molecule has 1 aliphatic rings. The summed E-state index contributed by atoms with van der Waals surface area (Å²) < 4.78 is 39.4. The van der Waals surface area contributed by atoms with Gasteiger partial charge in [-0.2, -0.15) is 13.2 Å². The second-order valence-corrected chi connectivity index (χ2v) is 6.69. The lowest BCUT2D eigenvalue weighted by Gasteiger charge is -2.28. The Balaban J connectivity index is 1.79. The van der Waals surface area contributed by atoms with Crippen molar-refractivity contribution in [2.24, 2.45) is 5.92 Å². The smallest absolute Gasteiger partial charge is 0.355 e. The van der Waals surface area contributed by atoms with E-state index in [-0.39, 0.29) is 17.4 Å². The van der Waals surface area contributed by atoms with Gasteiger partial charge in [0.05, 0.1) is 11.3 Å². The largest absolute Gasteiger partial charge is 0.418 e. The molecule has 3 rings (SSSR count). The van der Waals surface area contributed by atoms with Crippen molar-refractivity contribution in [3.63, 3.8) is 0 Å². The number of Topliss-reactive ketones (excluding diaryl/α,β-unsaturated/α-hetero) is 1. The first kappa shape index (κ1) is 18.5. The molecular formula is C20H21F3N2O. The van der Waals surface area contributed by atoms with Crippen molar-refractivity contribution in [2.75, 3.05) is 25.5 Å². The van der Waals surface area contributed by atoms with E-state index in [9.17, 15) is 18.0 Å². The van der Waals surface area contributed by atoms with Gasteiger partial charge in [0.25, 0.3) is 0 Å². The lowest BCUT2D eigenvalue weighted by molar-refractivity contribution is -0.136. The van der Waals surface area contributed by atoms with Crippen LogP contribution in [0.1, 0.15) is 28.8 Å². The summed E-state index contributed by atoms with van der Waals surface area (Å²) in [7, 11) is 2.03. The summed E-state index contributed by atoms with van der Waals surface area (Å²) in [5, 5.41) is 2.80. The summed E-state index contributed by atoms with van der Waals surface area (Å²) in [4.78, 5) is 14.9. The highest BCUT2D eigenvalue weighted by Crippen LogP contribution is 2.36. The molecule has 2 aromatic carbocycles. The summed E-state index contributed by atoms with van der Waals surface area (Å²) in [6.07, 6.45) is -2.82. The van der Waals surface area contributed by atoms with Crippen LogP contribution in [0.25, 0.3) is 0 Å². The predicted molar refractivity (Wildman–Crippen MR) is 95.7 cm³/mol. The number of likely N-dealkylation sites (tertiary alicyclic amines) is 1. The van der Waals surface area contributed by atoms with Crippen molar-refractivity contribution in [1.82, 2.24) is 4.90 Å². The van der Waals surface area contributed by atoms with Gasteiger partial charge >= 0.3 is 6.18 Å². The molecule has 2 aromatic rings. The predicted octanol–water partition coefficient (Wildman–Crippen LogP) is 4.97. The molecule has 0 atom stereocenters. The van der Waals surface area contributed by atoms with Crippen molar-refractivity contribution in [3.05, 3.63) is 59.7 Å². The van der Waals surface area contributed by atoms with E-state index in [1.165, 1.54) is 12.1 Å². The first-order valence-electron chi connectivity index (χ1n) is 8.60. The molecule has 0 saturated carbocycles. The number of carbonyl (C=O) groups is 1. The fourth-order valence-corrected chi connectivity index (χ4v) is 3.25. The number of anilines is 2. The third-order valence-corrected chi connectivity index (χ3v) is 4.75. The number of alkyl halides is 3. The van der Waals surface area contributed by atoms with Crippen molar-refractivity contribution in [3.8, 4) is 0 Å². The first-order valence-corrected chi connectivity index (χ1v) is 8.60. The first-order chi connectivity index (χ1) is 12.3. The Labute approximate surface area is 150 Å². The zero-order valence-corrected chi connectivity index (χ0v) is 14.5. The van der Waals surface area contributed by atoms with E-state index in [2.05, 4.69) is 10.2 Å². The van der Waals surface area contributed by atoms with Gasteiger partial charge in [-0.15, -0.1) is 0 Å². The highest BCUT2D eigenvalue weighted by Gasteiger charge is 2.33. The molecule has 0 bridgehead atoms. The second kappa shape index (κ2) is 7.50. The quantitative estimate of drug-likeness (QED) is 0.779. The minimum atomic E-state index is -4.44. The van der Waals surface area contributed by atoms with Gasteiger partial charge in [0, 0.05) is 17.2 Å². The molecule has 1 heterocycles. The van der Waals surface area contributed by atoms with Crippen LogP contribution < -0.4 is 5.32 Å². The minimum absolute atomic E-state index is 0.0242. The summed E-state index contributed by atoms with van der Waals surface area (Å²) >= 11 is 0. The van der Waals surface area contributed by atoms with Gasteiger partial charge in [0.15, 0.2) is 5.78 Å². The number of ketones is 1. The number of para-hydroxylation sites is 1. The maximum atomic E-state index is 13.1. The fraction of sp³-hybridized carbons (Fsp3) is 0.350. The Morgan fingerprint density at radius 2 is 1.77 bits per heavy atom. The molecule has 1 saturated heterocycles. The van der Waals surface area contributed by atoms with E-state index in [1.54, 1.807) is 30.3 Å². The van der Waals surface area contributed by atoms with Crippen molar-refractivity contribution < 1.29 is 18.0 Å². The van der Waals surface area contributed by atoms with Crippen LogP contribution in [-0.2, 0) is 6.18 Å². The molecule has 0 aliphatic carbocycles. The van der Waals surface area contributed by atoms with Crippen LogP contribution in [0.3, 0.4) is 0 Å². The number of hydrogen-bond acceptors (Lipinski definition) is 3. The molecule has 0 amide bonds. The molecule has 3 nitrogen and oxygen atoms in total. The number of benzene rings is 2. The zero-order chi connectivity index (χ0) is 18.7. The van der Waals surface area contributed by atoms with Gasteiger partial charge in [-0.3, -0.25) is 4.79 Å². The Morgan fingerprint density at radius 1 is 1.08 bits per heavy atom. The third-order valence-electron chi connectivity index (χ3n) is 4.75. The van der Waals surface area contributed by atoms with E-state index >= 15 is 0 Å². The van der Waals surface area contributed by atoms with Gasteiger partial charge in [0.2, 0.25) is 0 Å². The normalized spacial score (nSPS) is 16.5. The van der Waals surface area contributed by atoms with Crippen LogP contribution in [-0.4, -0.2) is 30.8 Å². The number of halogens is 3. The molecular weight excluding hydrogens is 341 g/mol. The molecule has 138 valence electrons. The van der Waals surface area contributed by atoms with Crippen LogP contribution in [0.2, 0.25) is 0 Å². The number of rotatable bonds is 4. The van der Waals surface area contributed by atoms with Crippen molar-refractivity contribution >= 4 is 17.2 Å². The standard InChI is InChI=1S/C20H21F3N2O/c1-25-11-9-14(10-12-25)19(26)15-5-4-6-16(13-15)24-18-8-3-2-7-17(18)20(21,22)23/h2-8,13-14,24H,9-12H2,1H3. The lowest BCUT2D eigenvalue weighted by Crippen LogP contribution is -2.33. The van der Waals surface area contributed by atoms with Crippen LogP contribution >= 0.6 is 0 Å². The maximum Gasteiger partial charge on any atom is 0.418 e. The minimum Gasteiger partial charge on any atom is -0.355 e. The van der Waals surface area contributed by atoms with Crippen molar-refractivity contribution in [1.29, 1.82) is 0 Å². The molecule has 6 heteroatoms. The monoisotopic (exact) mass is 362 g/mol. The average Bonchev–Trinajstić information content (AvgIpc) is 2.61. The number of nitrogens with zero attached hydrogens (tertiary/aromatic N) is 1. The SMILES string of the molecule is CN1CCC(C(=O)c2cccc(Nc3ccccc3C(F)(F)F)c2)CC1. The van der Waals surface area contributed by atoms with Gasteiger partial charge < -0.3 is 10.2 Å². The zero-order valence-electron chi connectivity index (χ0n) is 14.5. The highest BCUT2D eigenvalue weighted by atomic mass is 19.4. The highest BCUT2D eigenvalue weighted by molar-refractivity contribution is 5.98. The maximum absolute atomic E-state index is 13.1. The summed E-state index contributed by atoms with van der Waals surface area (Å²) in [5.74, 6) is 0.0368. The molecule has 0 radical (unpaired) electrons. The second-order valence-electron chi connectivity index (χ2n) is 6.69. The van der Waals surface area contributed by atoms with Gasteiger partial charge in [-0.1, -0.05) is 24.3 Å². The van der Waals surface area contributed by atoms with E-state index in [0.717, 1.165) is 32.0 Å². The molecule has 0 unspecified atom stereocenters. The summed E-state index contributed by atoms with van der Waals surface area (Å²) in [6, 6.07) is 12.0. The van der Waals surface area contributed by atoms with Gasteiger partial charge in [-0.05, 0) is 57.2 Å². The number of carbonyl (C=O) groups excluding carboxylic acids is 1. The van der Waals surface area contributed by atoms with E-state index < -0.39 is 11.7 Å². The van der Waals surface area contributed by atoms with Crippen LogP contribution in [0, 0.1) is 5.92 Å². The third kappa shape index (κ3) is 4.25. The molecule has 0 aromatic heterocycles. The van der Waals surface area contributed by atoms with Crippen LogP contribution in [0.15, 0.2) is 48.5 Å². The summed E-state index contributed by atoms with van der Waals surface area (Å²) in [5.41, 5.74) is 0.255. The van der Waals surface area contributed by atoms with Crippen LogP contribution in [0.5, 0.6) is 0 Å².